The molecule has 0 spiro atoms. The predicted octanol–water partition coefficient (Wildman–Crippen LogP) is 4.06. The molecule has 0 aliphatic heterocycles. The van der Waals surface area contributed by atoms with E-state index in [1.807, 2.05) is 0 Å². The zero-order valence-electron chi connectivity index (χ0n) is 13.8. The minimum atomic E-state index is -1.32. The molecule has 0 unspecified atom stereocenters. The number of benzene rings is 3. The summed E-state index contributed by atoms with van der Waals surface area (Å²) < 4.78 is 0. The van der Waals surface area contributed by atoms with Crippen LogP contribution in [0.25, 0.3) is 11.1 Å². The van der Waals surface area contributed by atoms with Gasteiger partial charge in [0.05, 0.1) is 27.4 Å². The highest BCUT2D eigenvalue weighted by Crippen LogP contribution is 2.44. The molecule has 1 aliphatic carbocycles. The predicted molar refractivity (Wildman–Crippen MR) is 102 cm³/mol. The number of anilines is 1. The normalized spacial score (nSPS) is 12.5. The topological polar surface area (TPSA) is 97.5 Å². The molecule has 0 aromatic heterocycles. The Labute approximate surface area is 159 Å². The number of nitrogen functional groups attached to an aromatic ring is 1. The summed E-state index contributed by atoms with van der Waals surface area (Å²) in [5.74, 6) is -2.29. The van der Waals surface area contributed by atoms with Crippen molar-refractivity contribution in [3.05, 3.63) is 87.4 Å². The second-order valence-corrected chi connectivity index (χ2v) is 6.48. The number of rotatable bonds is 2. The lowest BCUT2D eigenvalue weighted by molar-refractivity contribution is 0.0698. The van der Waals surface area contributed by atoms with E-state index < -0.39 is 17.5 Å². The molecule has 0 atom stereocenters. The van der Waals surface area contributed by atoms with Crippen molar-refractivity contribution in [2.45, 2.75) is 0 Å². The Morgan fingerprint density at radius 3 is 1.89 bits per heavy atom. The van der Waals surface area contributed by atoms with E-state index in [1.54, 1.807) is 48.5 Å². The molecule has 27 heavy (non-hydrogen) atoms. The summed E-state index contributed by atoms with van der Waals surface area (Å²) in [6, 6.07) is 14.9. The number of carbonyl (C=O) groups is 3. The summed E-state index contributed by atoms with van der Waals surface area (Å²) in [6.45, 7) is 0. The van der Waals surface area contributed by atoms with Gasteiger partial charge in [0.1, 0.15) is 0 Å². The van der Waals surface area contributed by atoms with E-state index in [1.165, 1.54) is 6.07 Å². The van der Waals surface area contributed by atoms with E-state index in [-0.39, 0.29) is 44.1 Å². The third-order valence-electron chi connectivity index (χ3n) is 4.62. The van der Waals surface area contributed by atoms with Crippen LogP contribution in [0.3, 0.4) is 0 Å². The Bertz CT molecular complexity index is 1150. The van der Waals surface area contributed by atoms with Crippen LogP contribution in [0.2, 0.25) is 5.02 Å². The average molecular weight is 378 g/mol. The molecule has 6 heteroatoms. The summed E-state index contributed by atoms with van der Waals surface area (Å²) in [4.78, 5) is 38.0. The van der Waals surface area contributed by atoms with Gasteiger partial charge in [-0.05, 0) is 5.56 Å². The fourth-order valence-corrected chi connectivity index (χ4v) is 3.82. The lowest BCUT2D eigenvalue weighted by atomic mass is 9.80. The van der Waals surface area contributed by atoms with Gasteiger partial charge in [0.2, 0.25) is 0 Å². The number of aromatic carboxylic acids is 1. The Morgan fingerprint density at radius 1 is 0.815 bits per heavy atom. The molecule has 0 heterocycles. The SMILES string of the molecule is Nc1c2c(c(Cl)c(-c3ccccc3)c1C(=O)O)C(=O)c1ccccc1C2=O. The fourth-order valence-electron chi connectivity index (χ4n) is 3.43. The van der Waals surface area contributed by atoms with Crippen LogP contribution in [-0.4, -0.2) is 22.6 Å². The van der Waals surface area contributed by atoms with Crippen molar-refractivity contribution in [1.82, 2.24) is 0 Å². The molecule has 4 rings (SSSR count). The first-order valence-corrected chi connectivity index (χ1v) is 8.43. The molecule has 0 fully saturated rings. The Kier molecular flexibility index (Phi) is 3.82. The van der Waals surface area contributed by atoms with Crippen LogP contribution in [0.1, 0.15) is 42.2 Å². The van der Waals surface area contributed by atoms with Gasteiger partial charge in [0.25, 0.3) is 0 Å². The molecular formula is C21H12ClNO4. The molecule has 3 aromatic rings. The highest BCUT2D eigenvalue weighted by atomic mass is 35.5. The summed E-state index contributed by atoms with van der Waals surface area (Å²) in [6.07, 6.45) is 0. The van der Waals surface area contributed by atoms with Crippen LogP contribution < -0.4 is 5.73 Å². The standard InChI is InChI=1S/C21H12ClNO4/c22-17-13(10-6-2-1-3-7-10)16(21(26)27)18(23)15-14(17)19(24)11-8-4-5-9-12(11)20(15)25/h1-9H,23H2,(H,26,27). The summed E-state index contributed by atoms with van der Waals surface area (Å²) in [5.41, 5.74) is 6.38. The average Bonchev–Trinajstić information content (AvgIpc) is 2.67. The Balaban J connectivity index is 2.15. The van der Waals surface area contributed by atoms with Crippen molar-refractivity contribution in [2.24, 2.45) is 0 Å². The third-order valence-corrected chi connectivity index (χ3v) is 5.00. The fraction of sp³-hybridized carbons (Fsp3) is 0. The number of hydrogen-bond donors (Lipinski definition) is 2. The summed E-state index contributed by atoms with van der Waals surface area (Å²) in [7, 11) is 0. The van der Waals surface area contributed by atoms with Crippen LogP contribution in [0.4, 0.5) is 5.69 Å². The van der Waals surface area contributed by atoms with Crippen molar-refractivity contribution in [1.29, 1.82) is 0 Å². The minimum absolute atomic E-state index is 0.0540. The maximum Gasteiger partial charge on any atom is 0.338 e. The van der Waals surface area contributed by atoms with Crippen molar-refractivity contribution in [3.63, 3.8) is 0 Å². The highest BCUT2D eigenvalue weighted by molar-refractivity contribution is 6.43. The molecule has 3 aromatic carbocycles. The second-order valence-electron chi connectivity index (χ2n) is 6.10. The van der Waals surface area contributed by atoms with E-state index in [2.05, 4.69) is 0 Å². The summed E-state index contributed by atoms with van der Waals surface area (Å²) >= 11 is 6.52. The Morgan fingerprint density at radius 2 is 1.33 bits per heavy atom. The molecule has 0 radical (unpaired) electrons. The van der Waals surface area contributed by atoms with Crippen LogP contribution in [0.5, 0.6) is 0 Å². The molecule has 132 valence electrons. The van der Waals surface area contributed by atoms with Gasteiger partial charge in [-0.1, -0.05) is 66.2 Å². The first-order chi connectivity index (χ1) is 12.9. The molecule has 3 N–H and O–H groups in total. The van der Waals surface area contributed by atoms with Crippen molar-refractivity contribution in [3.8, 4) is 11.1 Å². The van der Waals surface area contributed by atoms with Gasteiger partial charge in [-0.2, -0.15) is 0 Å². The van der Waals surface area contributed by atoms with Crippen LogP contribution in [0, 0.1) is 0 Å². The number of ketones is 2. The molecule has 0 saturated carbocycles. The van der Waals surface area contributed by atoms with Crippen LogP contribution in [0.15, 0.2) is 54.6 Å². The minimum Gasteiger partial charge on any atom is -0.478 e. The van der Waals surface area contributed by atoms with Crippen molar-refractivity contribution >= 4 is 34.8 Å². The zero-order valence-corrected chi connectivity index (χ0v) is 14.6. The van der Waals surface area contributed by atoms with E-state index in [0.717, 1.165) is 0 Å². The number of halogens is 1. The van der Waals surface area contributed by atoms with Crippen LogP contribution in [-0.2, 0) is 0 Å². The molecule has 0 amide bonds. The number of hydrogen-bond acceptors (Lipinski definition) is 4. The van der Waals surface area contributed by atoms with Gasteiger partial charge in [0.15, 0.2) is 11.6 Å². The highest BCUT2D eigenvalue weighted by Gasteiger charge is 2.37. The molecule has 0 bridgehead atoms. The van der Waals surface area contributed by atoms with Gasteiger partial charge >= 0.3 is 5.97 Å². The Hall–Kier alpha value is -3.44. The zero-order chi connectivity index (χ0) is 19.3. The smallest absolute Gasteiger partial charge is 0.338 e. The lowest BCUT2D eigenvalue weighted by Gasteiger charge is -2.23. The quantitative estimate of drug-likeness (QED) is 0.513. The first kappa shape index (κ1) is 17.0. The van der Waals surface area contributed by atoms with Crippen molar-refractivity contribution < 1.29 is 19.5 Å². The molecule has 5 nitrogen and oxygen atoms in total. The molecular weight excluding hydrogens is 366 g/mol. The van der Waals surface area contributed by atoms with E-state index in [9.17, 15) is 19.5 Å². The van der Waals surface area contributed by atoms with Gasteiger partial charge in [-0.15, -0.1) is 0 Å². The third kappa shape index (κ3) is 2.36. The maximum atomic E-state index is 13.1. The maximum absolute atomic E-state index is 13.1. The lowest BCUT2D eigenvalue weighted by Crippen LogP contribution is -2.25. The van der Waals surface area contributed by atoms with Crippen molar-refractivity contribution in [2.75, 3.05) is 5.73 Å². The second kappa shape index (κ2) is 6.07. The largest absolute Gasteiger partial charge is 0.478 e. The number of fused-ring (bicyclic) bond motifs is 2. The number of nitrogens with two attached hydrogens (primary N) is 1. The molecule has 0 saturated heterocycles. The number of carbonyl (C=O) groups excluding carboxylic acids is 2. The first-order valence-electron chi connectivity index (χ1n) is 8.05. The van der Waals surface area contributed by atoms with Gasteiger partial charge in [-0.25, -0.2) is 4.79 Å². The van der Waals surface area contributed by atoms with Gasteiger partial charge in [-0.3, -0.25) is 9.59 Å². The van der Waals surface area contributed by atoms with E-state index in [0.29, 0.717) is 5.56 Å². The van der Waals surface area contributed by atoms with E-state index in [4.69, 9.17) is 17.3 Å². The monoisotopic (exact) mass is 377 g/mol. The number of carboxylic acid groups (broad SMARTS) is 1. The molecule has 1 aliphatic rings. The van der Waals surface area contributed by atoms with E-state index >= 15 is 0 Å². The van der Waals surface area contributed by atoms with Gasteiger partial charge in [0, 0.05) is 16.7 Å². The van der Waals surface area contributed by atoms with Gasteiger partial charge < -0.3 is 10.8 Å². The summed E-state index contributed by atoms with van der Waals surface area (Å²) in [5, 5.41) is 9.66. The van der Waals surface area contributed by atoms with Crippen LogP contribution >= 0.6 is 11.6 Å². The number of carboxylic acids is 1.